The Bertz CT molecular complexity index is 462. The number of likely N-dealkylation sites (N-methyl/N-ethyl adjacent to an activating group) is 1. The van der Waals surface area contributed by atoms with Crippen LogP contribution >= 0.6 is 0 Å². The van der Waals surface area contributed by atoms with Crippen molar-refractivity contribution in [3.63, 3.8) is 0 Å². The predicted octanol–water partition coefficient (Wildman–Crippen LogP) is 1.10. The monoisotopic (exact) mass is 263 g/mol. The van der Waals surface area contributed by atoms with Crippen LogP contribution in [0.4, 0.5) is 5.69 Å². The summed E-state index contributed by atoms with van der Waals surface area (Å²) >= 11 is 0. The van der Waals surface area contributed by atoms with Crippen LogP contribution in [0, 0.1) is 0 Å². The molecule has 1 saturated heterocycles. The first-order valence-electron chi connectivity index (χ1n) is 6.60. The number of carbonyl (C=O) groups is 1. The molecule has 1 unspecified atom stereocenters. The third-order valence-corrected chi connectivity index (χ3v) is 3.55. The number of ether oxygens (including phenoxy) is 1. The molecule has 1 aliphatic heterocycles. The number of nitrogens with one attached hydrogen (secondary N) is 1. The van der Waals surface area contributed by atoms with Crippen molar-refractivity contribution in [3.8, 4) is 5.75 Å². The summed E-state index contributed by atoms with van der Waals surface area (Å²) in [5.41, 5.74) is 6.86. The molecule has 104 valence electrons. The van der Waals surface area contributed by atoms with Gasteiger partial charge in [-0.05, 0) is 31.2 Å². The van der Waals surface area contributed by atoms with Crippen LogP contribution in [0.2, 0.25) is 0 Å². The maximum absolute atomic E-state index is 12.1. The number of rotatable bonds is 4. The van der Waals surface area contributed by atoms with Crippen LogP contribution in [0.3, 0.4) is 0 Å². The number of nitrogen functional groups attached to an aromatic ring is 1. The average Bonchev–Trinajstić information content (AvgIpc) is 2.86. The van der Waals surface area contributed by atoms with Crippen molar-refractivity contribution in [2.45, 2.75) is 19.4 Å². The molecule has 3 N–H and O–H groups in total. The lowest BCUT2D eigenvalue weighted by atomic mass is 10.1. The van der Waals surface area contributed by atoms with E-state index in [4.69, 9.17) is 10.5 Å². The third kappa shape index (κ3) is 3.17. The molecule has 1 fully saturated rings. The molecule has 1 aliphatic rings. The van der Waals surface area contributed by atoms with Gasteiger partial charge in [-0.25, -0.2) is 0 Å². The fourth-order valence-electron chi connectivity index (χ4n) is 2.36. The molecule has 0 bridgehead atoms. The van der Waals surface area contributed by atoms with Crippen LogP contribution in [-0.2, 0) is 0 Å². The van der Waals surface area contributed by atoms with Crippen molar-refractivity contribution in [3.05, 3.63) is 23.8 Å². The number of nitrogens with two attached hydrogens (primary N) is 1. The minimum absolute atomic E-state index is 0.0683. The average molecular weight is 263 g/mol. The molecule has 1 aromatic rings. The topological polar surface area (TPSA) is 67.6 Å². The van der Waals surface area contributed by atoms with E-state index in [1.54, 1.807) is 25.3 Å². The van der Waals surface area contributed by atoms with Gasteiger partial charge in [-0.15, -0.1) is 0 Å². The van der Waals surface area contributed by atoms with Gasteiger partial charge in [0.25, 0.3) is 5.91 Å². The number of likely N-dealkylation sites (tertiary alicyclic amines) is 1. The summed E-state index contributed by atoms with van der Waals surface area (Å²) in [6.45, 7) is 5.14. The Labute approximate surface area is 113 Å². The Morgan fingerprint density at radius 3 is 3.00 bits per heavy atom. The Balaban J connectivity index is 2.00. The van der Waals surface area contributed by atoms with Gasteiger partial charge in [0, 0.05) is 24.7 Å². The van der Waals surface area contributed by atoms with Crippen LogP contribution in [-0.4, -0.2) is 43.6 Å². The second-order valence-electron chi connectivity index (χ2n) is 4.81. The van der Waals surface area contributed by atoms with Crippen molar-refractivity contribution in [1.29, 1.82) is 0 Å². The summed E-state index contributed by atoms with van der Waals surface area (Å²) in [4.78, 5) is 14.5. The van der Waals surface area contributed by atoms with Gasteiger partial charge in [0.2, 0.25) is 0 Å². The molecule has 2 rings (SSSR count). The van der Waals surface area contributed by atoms with E-state index in [9.17, 15) is 4.79 Å². The number of anilines is 1. The molecule has 1 heterocycles. The minimum atomic E-state index is -0.0683. The van der Waals surface area contributed by atoms with E-state index >= 15 is 0 Å². The van der Waals surface area contributed by atoms with Crippen molar-refractivity contribution >= 4 is 11.6 Å². The maximum Gasteiger partial charge on any atom is 0.251 e. The lowest BCUT2D eigenvalue weighted by Gasteiger charge is -2.15. The van der Waals surface area contributed by atoms with Crippen LogP contribution in [0.5, 0.6) is 5.75 Å². The van der Waals surface area contributed by atoms with Crippen molar-refractivity contribution in [2.75, 3.05) is 32.5 Å². The SMILES string of the molecule is CCN1CCC(NC(=O)c2ccc(N)c(OC)c2)C1. The van der Waals surface area contributed by atoms with Gasteiger partial charge in [0.15, 0.2) is 0 Å². The molecule has 0 spiro atoms. The van der Waals surface area contributed by atoms with E-state index in [2.05, 4.69) is 17.1 Å². The standard InChI is InChI=1S/C14H21N3O2/c1-3-17-7-6-11(9-17)16-14(18)10-4-5-12(15)13(8-10)19-2/h4-5,8,11H,3,6-7,9,15H2,1-2H3,(H,16,18). The molecule has 0 aliphatic carbocycles. The van der Waals surface area contributed by atoms with E-state index in [1.807, 2.05) is 0 Å². The van der Waals surface area contributed by atoms with E-state index in [0.29, 0.717) is 17.0 Å². The van der Waals surface area contributed by atoms with Crippen molar-refractivity contribution in [2.24, 2.45) is 0 Å². The van der Waals surface area contributed by atoms with Gasteiger partial charge < -0.3 is 20.7 Å². The lowest BCUT2D eigenvalue weighted by Crippen LogP contribution is -2.37. The Hall–Kier alpha value is -1.75. The first-order chi connectivity index (χ1) is 9.13. The summed E-state index contributed by atoms with van der Waals surface area (Å²) in [6.07, 6.45) is 1.01. The summed E-state index contributed by atoms with van der Waals surface area (Å²) in [7, 11) is 1.55. The number of hydrogen-bond acceptors (Lipinski definition) is 4. The zero-order chi connectivity index (χ0) is 13.8. The molecule has 1 aromatic carbocycles. The highest BCUT2D eigenvalue weighted by atomic mass is 16.5. The van der Waals surface area contributed by atoms with Crippen LogP contribution < -0.4 is 15.8 Å². The summed E-state index contributed by atoms with van der Waals surface area (Å²) in [5, 5.41) is 3.05. The number of benzene rings is 1. The molecule has 0 aromatic heterocycles. The number of hydrogen-bond donors (Lipinski definition) is 2. The Morgan fingerprint density at radius 2 is 2.37 bits per heavy atom. The van der Waals surface area contributed by atoms with E-state index in [1.165, 1.54) is 0 Å². The molecule has 0 radical (unpaired) electrons. The van der Waals surface area contributed by atoms with Gasteiger partial charge in [0.05, 0.1) is 12.8 Å². The Kier molecular flexibility index (Phi) is 4.27. The largest absolute Gasteiger partial charge is 0.495 e. The highest BCUT2D eigenvalue weighted by Gasteiger charge is 2.23. The zero-order valence-corrected chi connectivity index (χ0v) is 11.5. The van der Waals surface area contributed by atoms with E-state index < -0.39 is 0 Å². The van der Waals surface area contributed by atoms with Crippen molar-refractivity contribution in [1.82, 2.24) is 10.2 Å². The Morgan fingerprint density at radius 1 is 1.58 bits per heavy atom. The number of carbonyl (C=O) groups excluding carboxylic acids is 1. The van der Waals surface area contributed by atoms with Gasteiger partial charge >= 0.3 is 0 Å². The summed E-state index contributed by atoms with van der Waals surface area (Å²) in [6, 6.07) is 5.33. The third-order valence-electron chi connectivity index (χ3n) is 3.55. The van der Waals surface area contributed by atoms with Gasteiger partial charge in [-0.2, -0.15) is 0 Å². The fourth-order valence-corrected chi connectivity index (χ4v) is 2.36. The van der Waals surface area contributed by atoms with E-state index in [0.717, 1.165) is 26.1 Å². The first-order valence-corrected chi connectivity index (χ1v) is 6.60. The highest BCUT2D eigenvalue weighted by molar-refractivity contribution is 5.95. The van der Waals surface area contributed by atoms with Gasteiger partial charge in [0.1, 0.15) is 5.75 Å². The van der Waals surface area contributed by atoms with Crippen molar-refractivity contribution < 1.29 is 9.53 Å². The second kappa shape index (κ2) is 5.93. The predicted molar refractivity (Wildman–Crippen MR) is 75.4 cm³/mol. The minimum Gasteiger partial charge on any atom is -0.495 e. The van der Waals surface area contributed by atoms with Gasteiger partial charge in [-0.3, -0.25) is 4.79 Å². The van der Waals surface area contributed by atoms with E-state index in [-0.39, 0.29) is 11.9 Å². The molecular formula is C14H21N3O2. The number of amides is 1. The smallest absolute Gasteiger partial charge is 0.251 e. The quantitative estimate of drug-likeness (QED) is 0.798. The zero-order valence-electron chi connectivity index (χ0n) is 11.5. The first kappa shape index (κ1) is 13.7. The fraction of sp³-hybridized carbons (Fsp3) is 0.500. The van der Waals surface area contributed by atoms with Gasteiger partial charge in [-0.1, -0.05) is 6.92 Å². The van der Waals surface area contributed by atoms with Crippen LogP contribution in [0.1, 0.15) is 23.7 Å². The summed E-state index contributed by atoms with van der Waals surface area (Å²) in [5.74, 6) is 0.468. The molecular weight excluding hydrogens is 242 g/mol. The molecule has 0 saturated carbocycles. The molecule has 1 amide bonds. The lowest BCUT2D eigenvalue weighted by molar-refractivity contribution is 0.0937. The molecule has 1 atom stereocenters. The van der Waals surface area contributed by atoms with Crippen LogP contribution in [0.15, 0.2) is 18.2 Å². The highest BCUT2D eigenvalue weighted by Crippen LogP contribution is 2.22. The maximum atomic E-state index is 12.1. The number of methoxy groups -OCH3 is 1. The summed E-state index contributed by atoms with van der Waals surface area (Å²) < 4.78 is 5.13. The normalized spacial score (nSPS) is 19.4. The molecule has 5 heteroatoms. The molecule has 19 heavy (non-hydrogen) atoms. The molecule has 5 nitrogen and oxygen atoms in total. The number of nitrogens with zero attached hydrogens (tertiary/aromatic N) is 1. The second-order valence-corrected chi connectivity index (χ2v) is 4.81. The van der Waals surface area contributed by atoms with Crippen LogP contribution in [0.25, 0.3) is 0 Å².